The van der Waals surface area contributed by atoms with Crippen LogP contribution < -0.4 is 5.32 Å². The van der Waals surface area contributed by atoms with Crippen molar-refractivity contribution in [3.8, 4) is 0 Å². The van der Waals surface area contributed by atoms with Crippen LogP contribution >= 0.6 is 0 Å². The molecule has 1 saturated carbocycles. The standard InChI is InChI=1S/C13H17N5O2/c1-8-6-10(20-17-8)13(19)14-7-11-15-16-12(18(11)2)9-4-3-5-9/h6,9H,3-5,7H2,1-2H3,(H,14,19). The van der Waals surface area contributed by atoms with Gasteiger partial charge < -0.3 is 14.4 Å². The van der Waals surface area contributed by atoms with E-state index in [1.165, 1.54) is 19.3 Å². The summed E-state index contributed by atoms with van der Waals surface area (Å²) in [5.74, 6) is 2.20. The second kappa shape index (κ2) is 5.07. The first-order chi connectivity index (χ1) is 9.65. The fraction of sp³-hybridized carbons (Fsp3) is 0.538. The molecule has 106 valence electrons. The van der Waals surface area contributed by atoms with E-state index in [1.807, 2.05) is 11.6 Å². The van der Waals surface area contributed by atoms with Gasteiger partial charge in [-0.15, -0.1) is 10.2 Å². The van der Waals surface area contributed by atoms with Gasteiger partial charge in [0.2, 0.25) is 5.76 Å². The molecule has 1 aliphatic carbocycles. The van der Waals surface area contributed by atoms with Crippen molar-refractivity contribution in [3.63, 3.8) is 0 Å². The third kappa shape index (κ3) is 2.31. The topological polar surface area (TPSA) is 85.8 Å². The molecular weight excluding hydrogens is 258 g/mol. The lowest BCUT2D eigenvalue weighted by Crippen LogP contribution is -2.24. The van der Waals surface area contributed by atoms with Crippen LogP contribution in [-0.4, -0.2) is 25.8 Å². The molecule has 0 atom stereocenters. The fourth-order valence-electron chi connectivity index (χ4n) is 2.27. The highest BCUT2D eigenvalue weighted by molar-refractivity contribution is 5.91. The number of carbonyl (C=O) groups is 1. The Morgan fingerprint density at radius 3 is 2.90 bits per heavy atom. The van der Waals surface area contributed by atoms with Gasteiger partial charge in [0.25, 0.3) is 5.91 Å². The van der Waals surface area contributed by atoms with E-state index in [9.17, 15) is 4.79 Å². The molecule has 2 heterocycles. The van der Waals surface area contributed by atoms with Crippen molar-refractivity contribution in [1.29, 1.82) is 0 Å². The van der Waals surface area contributed by atoms with Crippen molar-refractivity contribution in [2.75, 3.05) is 0 Å². The highest BCUT2D eigenvalue weighted by Crippen LogP contribution is 2.34. The maximum absolute atomic E-state index is 11.8. The minimum Gasteiger partial charge on any atom is -0.351 e. The summed E-state index contributed by atoms with van der Waals surface area (Å²) in [6.45, 7) is 2.10. The zero-order valence-electron chi connectivity index (χ0n) is 11.6. The molecule has 1 aliphatic rings. The molecule has 2 aromatic rings. The van der Waals surface area contributed by atoms with Gasteiger partial charge in [0.05, 0.1) is 12.2 Å². The molecule has 0 saturated heterocycles. The van der Waals surface area contributed by atoms with Crippen LogP contribution in [0.1, 0.15) is 53.1 Å². The van der Waals surface area contributed by atoms with Gasteiger partial charge >= 0.3 is 0 Å². The maximum Gasteiger partial charge on any atom is 0.290 e. The predicted octanol–water partition coefficient (Wildman–Crippen LogP) is 1.31. The summed E-state index contributed by atoms with van der Waals surface area (Å²) < 4.78 is 6.88. The van der Waals surface area contributed by atoms with E-state index < -0.39 is 0 Å². The van der Waals surface area contributed by atoms with Crippen LogP contribution in [0.15, 0.2) is 10.6 Å². The second-order valence-corrected chi connectivity index (χ2v) is 5.18. The smallest absolute Gasteiger partial charge is 0.290 e. The lowest BCUT2D eigenvalue weighted by atomic mass is 9.85. The quantitative estimate of drug-likeness (QED) is 0.909. The Hall–Kier alpha value is -2.18. The maximum atomic E-state index is 11.8. The number of amides is 1. The summed E-state index contributed by atoms with van der Waals surface area (Å²) in [7, 11) is 1.94. The summed E-state index contributed by atoms with van der Waals surface area (Å²) in [5.41, 5.74) is 0.682. The molecule has 0 aliphatic heterocycles. The van der Waals surface area contributed by atoms with Crippen molar-refractivity contribution in [2.24, 2.45) is 7.05 Å². The molecule has 3 rings (SSSR count). The number of nitrogens with one attached hydrogen (secondary N) is 1. The average molecular weight is 275 g/mol. The number of carbonyl (C=O) groups excluding carboxylic acids is 1. The van der Waals surface area contributed by atoms with Gasteiger partial charge in [0.15, 0.2) is 5.82 Å². The van der Waals surface area contributed by atoms with Crippen LogP contribution in [0.5, 0.6) is 0 Å². The summed E-state index contributed by atoms with van der Waals surface area (Å²) in [6.07, 6.45) is 3.61. The number of aromatic nitrogens is 4. The molecular formula is C13H17N5O2. The highest BCUT2D eigenvalue weighted by atomic mass is 16.5. The Labute approximate surface area is 116 Å². The lowest BCUT2D eigenvalue weighted by molar-refractivity contribution is 0.0912. The normalized spacial score (nSPS) is 15.1. The van der Waals surface area contributed by atoms with Gasteiger partial charge in [0.1, 0.15) is 5.82 Å². The Kier molecular flexibility index (Phi) is 3.25. The summed E-state index contributed by atoms with van der Waals surface area (Å²) >= 11 is 0. The van der Waals surface area contributed by atoms with Crippen molar-refractivity contribution in [3.05, 3.63) is 29.2 Å². The summed E-state index contributed by atoms with van der Waals surface area (Å²) in [6, 6.07) is 1.60. The molecule has 0 radical (unpaired) electrons. The van der Waals surface area contributed by atoms with Crippen molar-refractivity contribution >= 4 is 5.91 Å². The van der Waals surface area contributed by atoms with Crippen LogP contribution in [0.25, 0.3) is 0 Å². The zero-order chi connectivity index (χ0) is 14.1. The van der Waals surface area contributed by atoms with E-state index in [2.05, 4.69) is 20.7 Å². The SMILES string of the molecule is Cc1cc(C(=O)NCc2nnc(C3CCC3)n2C)on1. The molecule has 7 heteroatoms. The van der Waals surface area contributed by atoms with E-state index in [0.29, 0.717) is 18.2 Å². The molecule has 0 spiro atoms. The van der Waals surface area contributed by atoms with E-state index in [4.69, 9.17) is 4.52 Å². The second-order valence-electron chi connectivity index (χ2n) is 5.18. The highest BCUT2D eigenvalue weighted by Gasteiger charge is 2.25. The number of hydrogen-bond acceptors (Lipinski definition) is 5. The Morgan fingerprint density at radius 1 is 1.50 bits per heavy atom. The molecule has 1 N–H and O–H groups in total. The average Bonchev–Trinajstić information content (AvgIpc) is 2.93. The molecule has 7 nitrogen and oxygen atoms in total. The first kappa shape index (κ1) is 12.8. The molecule has 0 bridgehead atoms. The number of hydrogen-bond donors (Lipinski definition) is 1. The number of aryl methyl sites for hydroxylation is 1. The van der Waals surface area contributed by atoms with E-state index in [-0.39, 0.29) is 11.7 Å². The predicted molar refractivity (Wildman–Crippen MR) is 70.0 cm³/mol. The van der Waals surface area contributed by atoms with Crippen LogP contribution in [-0.2, 0) is 13.6 Å². The first-order valence-corrected chi connectivity index (χ1v) is 6.75. The van der Waals surface area contributed by atoms with Crippen LogP contribution in [0.4, 0.5) is 0 Å². The Bertz CT molecular complexity index is 626. The van der Waals surface area contributed by atoms with Crippen LogP contribution in [0, 0.1) is 6.92 Å². The van der Waals surface area contributed by atoms with Gasteiger partial charge in [0, 0.05) is 19.0 Å². The number of rotatable bonds is 4. The fourth-order valence-corrected chi connectivity index (χ4v) is 2.27. The third-order valence-electron chi connectivity index (χ3n) is 3.73. The van der Waals surface area contributed by atoms with Gasteiger partial charge in [-0.3, -0.25) is 4.79 Å². The number of nitrogens with zero attached hydrogens (tertiary/aromatic N) is 4. The molecule has 20 heavy (non-hydrogen) atoms. The summed E-state index contributed by atoms with van der Waals surface area (Å²) in [4.78, 5) is 11.8. The molecule has 0 aromatic carbocycles. The molecule has 0 unspecified atom stereocenters. The minimum absolute atomic E-state index is 0.212. The first-order valence-electron chi connectivity index (χ1n) is 6.75. The monoisotopic (exact) mass is 275 g/mol. The van der Waals surface area contributed by atoms with Crippen molar-refractivity contribution < 1.29 is 9.32 Å². The van der Waals surface area contributed by atoms with E-state index >= 15 is 0 Å². The van der Waals surface area contributed by atoms with Crippen molar-refractivity contribution in [1.82, 2.24) is 25.2 Å². The molecule has 1 amide bonds. The van der Waals surface area contributed by atoms with Gasteiger partial charge in [-0.1, -0.05) is 11.6 Å². The largest absolute Gasteiger partial charge is 0.351 e. The van der Waals surface area contributed by atoms with E-state index in [0.717, 1.165) is 11.6 Å². The van der Waals surface area contributed by atoms with Crippen molar-refractivity contribution in [2.45, 2.75) is 38.6 Å². The van der Waals surface area contributed by atoms with Gasteiger partial charge in [-0.05, 0) is 19.8 Å². The van der Waals surface area contributed by atoms with E-state index in [1.54, 1.807) is 13.0 Å². The zero-order valence-corrected chi connectivity index (χ0v) is 11.6. The molecule has 2 aromatic heterocycles. The minimum atomic E-state index is -0.293. The van der Waals surface area contributed by atoms with Crippen LogP contribution in [0.2, 0.25) is 0 Å². The third-order valence-corrected chi connectivity index (χ3v) is 3.73. The Balaban J connectivity index is 1.63. The van der Waals surface area contributed by atoms with Gasteiger partial charge in [-0.2, -0.15) is 0 Å². The Morgan fingerprint density at radius 2 is 2.30 bits per heavy atom. The molecule has 1 fully saturated rings. The summed E-state index contributed by atoms with van der Waals surface area (Å²) in [5, 5.41) is 14.8. The van der Waals surface area contributed by atoms with Gasteiger partial charge in [-0.25, -0.2) is 0 Å². The van der Waals surface area contributed by atoms with Crippen LogP contribution in [0.3, 0.4) is 0 Å². The lowest BCUT2D eigenvalue weighted by Gasteiger charge is -2.24.